The Morgan fingerprint density at radius 2 is 1.85 bits per heavy atom. The summed E-state index contributed by atoms with van der Waals surface area (Å²) in [5.74, 6) is -0.157. The SMILES string of the molecule is CC(C)(C)OC(=O)N[C@H](c1ccccc1)c1cc2ncccc2nc1O. The number of aromatic hydroxyl groups is 1. The summed E-state index contributed by atoms with van der Waals surface area (Å²) in [6.45, 7) is 5.38. The van der Waals surface area contributed by atoms with Gasteiger partial charge in [0.05, 0.1) is 17.1 Å². The second-order valence-corrected chi connectivity index (χ2v) is 6.93. The van der Waals surface area contributed by atoms with Crippen molar-refractivity contribution >= 4 is 17.1 Å². The number of aromatic nitrogens is 2. The van der Waals surface area contributed by atoms with Gasteiger partial charge in [-0.05, 0) is 44.5 Å². The van der Waals surface area contributed by atoms with Gasteiger partial charge in [0.2, 0.25) is 5.88 Å². The fourth-order valence-electron chi connectivity index (χ4n) is 2.63. The van der Waals surface area contributed by atoms with Crippen LogP contribution in [-0.4, -0.2) is 26.8 Å². The first-order valence-corrected chi connectivity index (χ1v) is 8.32. The Balaban J connectivity index is 2.03. The first-order chi connectivity index (χ1) is 12.3. The van der Waals surface area contributed by atoms with E-state index in [4.69, 9.17) is 4.74 Å². The number of fused-ring (bicyclic) bond motifs is 1. The van der Waals surface area contributed by atoms with E-state index in [-0.39, 0.29) is 5.88 Å². The van der Waals surface area contributed by atoms with E-state index in [1.807, 2.05) is 30.3 Å². The minimum Gasteiger partial charge on any atom is -0.493 e. The number of alkyl carbamates (subject to hydrolysis) is 1. The summed E-state index contributed by atoms with van der Waals surface area (Å²) < 4.78 is 5.37. The van der Waals surface area contributed by atoms with Crippen molar-refractivity contribution in [3.63, 3.8) is 0 Å². The number of nitrogens with one attached hydrogen (secondary N) is 1. The highest BCUT2D eigenvalue weighted by atomic mass is 16.6. The van der Waals surface area contributed by atoms with Crippen molar-refractivity contribution < 1.29 is 14.6 Å². The molecule has 26 heavy (non-hydrogen) atoms. The summed E-state index contributed by atoms with van der Waals surface area (Å²) in [4.78, 5) is 20.8. The van der Waals surface area contributed by atoms with Crippen molar-refractivity contribution in [3.05, 3.63) is 65.9 Å². The van der Waals surface area contributed by atoms with Crippen LogP contribution in [-0.2, 0) is 4.74 Å². The molecule has 0 saturated heterocycles. The highest BCUT2D eigenvalue weighted by Gasteiger charge is 2.24. The fraction of sp³-hybridized carbons (Fsp3) is 0.250. The number of ether oxygens (including phenoxy) is 1. The number of carbonyl (C=O) groups is 1. The van der Waals surface area contributed by atoms with E-state index >= 15 is 0 Å². The van der Waals surface area contributed by atoms with Crippen molar-refractivity contribution in [2.24, 2.45) is 0 Å². The zero-order valence-corrected chi connectivity index (χ0v) is 14.9. The maximum absolute atomic E-state index is 12.3. The third-order valence-corrected chi connectivity index (χ3v) is 3.70. The van der Waals surface area contributed by atoms with Crippen LogP contribution in [0, 0.1) is 0 Å². The monoisotopic (exact) mass is 351 g/mol. The summed E-state index contributed by atoms with van der Waals surface area (Å²) in [6, 6.07) is 14.0. The fourth-order valence-corrected chi connectivity index (χ4v) is 2.63. The molecule has 2 N–H and O–H groups in total. The molecular weight excluding hydrogens is 330 g/mol. The van der Waals surface area contributed by atoms with Gasteiger partial charge in [-0.3, -0.25) is 4.98 Å². The van der Waals surface area contributed by atoms with Crippen molar-refractivity contribution in [2.45, 2.75) is 32.4 Å². The average Bonchev–Trinajstić information content (AvgIpc) is 2.58. The van der Waals surface area contributed by atoms with E-state index in [2.05, 4.69) is 15.3 Å². The molecule has 0 saturated carbocycles. The van der Waals surface area contributed by atoms with Crippen LogP contribution < -0.4 is 5.32 Å². The number of hydrogen-bond acceptors (Lipinski definition) is 5. The van der Waals surface area contributed by atoms with Gasteiger partial charge in [-0.2, -0.15) is 0 Å². The van der Waals surface area contributed by atoms with Gasteiger partial charge in [-0.1, -0.05) is 30.3 Å². The summed E-state index contributed by atoms with van der Waals surface area (Å²) in [5.41, 5.74) is 1.83. The summed E-state index contributed by atoms with van der Waals surface area (Å²) >= 11 is 0. The number of benzene rings is 1. The lowest BCUT2D eigenvalue weighted by Gasteiger charge is -2.24. The Morgan fingerprint density at radius 1 is 1.12 bits per heavy atom. The second-order valence-electron chi connectivity index (χ2n) is 6.93. The zero-order valence-electron chi connectivity index (χ0n) is 14.9. The Kier molecular flexibility index (Phi) is 4.75. The molecule has 134 valence electrons. The van der Waals surface area contributed by atoms with Gasteiger partial charge in [0.25, 0.3) is 0 Å². The largest absolute Gasteiger partial charge is 0.493 e. The number of nitrogens with zero attached hydrogens (tertiary/aromatic N) is 2. The normalized spacial score (nSPS) is 12.6. The third kappa shape index (κ3) is 4.08. The first kappa shape index (κ1) is 17.7. The van der Waals surface area contributed by atoms with E-state index in [1.165, 1.54) is 0 Å². The van der Waals surface area contributed by atoms with Gasteiger partial charge in [0.1, 0.15) is 5.60 Å². The predicted molar refractivity (Wildman–Crippen MR) is 98.9 cm³/mol. The molecule has 0 unspecified atom stereocenters. The van der Waals surface area contributed by atoms with Gasteiger partial charge < -0.3 is 15.2 Å². The molecule has 0 aliphatic heterocycles. The number of pyridine rings is 2. The molecule has 3 rings (SSSR count). The Morgan fingerprint density at radius 3 is 2.54 bits per heavy atom. The van der Waals surface area contributed by atoms with E-state index in [0.29, 0.717) is 16.6 Å². The van der Waals surface area contributed by atoms with Crippen molar-refractivity contribution in [3.8, 4) is 5.88 Å². The maximum Gasteiger partial charge on any atom is 0.408 e. The van der Waals surface area contributed by atoms with Gasteiger partial charge >= 0.3 is 6.09 Å². The van der Waals surface area contributed by atoms with Crippen molar-refractivity contribution in [1.29, 1.82) is 0 Å². The maximum atomic E-state index is 12.3. The molecular formula is C20H21N3O3. The van der Waals surface area contributed by atoms with Crippen molar-refractivity contribution in [2.75, 3.05) is 0 Å². The van der Waals surface area contributed by atoms with Crippen LogP contribution >= 0.6 is 0 Å². The lowest BCUT2D eigenvalue weighted by atomic mass is 9.99. The smallest absolute Gasteiger partial charge is 0.408 e. The molecule has 0 aliphatic carbocycles. The molecule has 0 spiro atoms. The minimum atomic E-state index is -0.628. The summed E-state index contributed by atoms with van der Waals surface area (Å²) in [5, 5.41) is 13.3. The summed E-state index contributed by atoms with van der Waals surface area (Å²) in [7, 11) is 0. The molecule has 1 aromatic carbocycles. The molecule has 0 bridgehead atoms. The number of rotatable bonds is 3. The molecule has 1 atom stereocenters. The van der Waals surface area contributed by atoms with E-state index in [9.17, 15) is 9.90 Å². The Hall–Kier alpha value is -3.15. The molecule has 2 aromatic heterocycles. The summed E-state index contributed by atoms with van der Waals surface area (Å²) in [6.07, 6.45) is 1.08. The number of amides is 1. The minimum absolute atomic E-state index is 0.157. The predicted octanol–water partition coefficient (Wildman–Crippen LogP) is 3.95. The van der Waals surface area contributed by atoms with Crippen LogP contribution in [0.2, 0.25) is 0 Å². The van der Waals surface area contributed by atoms with Crippen LogP contribution in [0.15, 0.2) is 54.7 Å². The standard InChI is InChI=1S/C20H21N3O3/c1-20(2,3)26-19(25)23-17(13-8-5-4-6-9-13)14-12-16-15(22-18(14)24)10-7-11-21-16/h4-12,17H,1-3H3,(H,22,24)(H,23,25)/t17-/m1/s1. The van der Waals surface area contributed by atoms with Gasteiger partial charge in [-0.15, -0.1) is 0 Å². The molecule has 0 radical (unpaired) electrons. The molecule has 3 aromatic rings. The van der Waals surface area contributed by atoms with E-state index in [1.54, 1.807) is 45.2 Å². The quantitative estimate of drug-likeness (QED) is 0.746. The number of carbonyl (C=O) groups excluding carboxylic acids is 1. The lowest BCUT2D eigenvalue weighted by Crippen LogP contribution is -2.35. The van der Waals surface area contributed by atoms with E-state index in [0.717, 1.165) is 5.56 Å². The number of hydrogen-bond donors (Lipinski definition) is 2. The van der Waals surface area contributed by atoms with Gasteiger partial charge in [0, 0.05) is 11.8 Å². The second kappa shape index (κ2) is 7.00. The van der Waals surface area contributed by atoms with E-state index < -0.39 is 17.7 Å². The Labute approximate surface area is 151 Å². The van der Waals surface area contributed by atoms with Crippen LogP contribution in [0.25, 0.3) is 11.0 Å². The van der Waals surface area contributed by atoms with Gasteiger partial charge in [0.15, 0.2) is 0 Å². The molecule has 6 nitrogen and oxygen atoms in total. The molecule has 6 heteroatoms. The lowest BCUT2D eigenvalue weighted by molar-refractivity contribution is 0.0512. The highest BCUT2D eigenvalue weighted by Crippen LogP contribution is 2.30. The van der Waals surface area contributed by atoms with Crippen LogP contribution in [0.4, 0.5) is 4.79 Å². The first-order valence-electron chi connectivity index (χ1n) is 8.32. The van der Waals surface area contributed by atoms with Crippen LogP contribution in [0.1, 0.15) is 37.9 Å². The highest BCUT2D eigenvalue weighted by molar-refractivity contribution is 5.76. The van der Waals surface area contributed by atoms with Gasteiger partial charge in [-0.25, -0.2) is 9.78 Å². The molecule has 0 aliphatic rings. The van der Waals surface area contributed by atoms with Crippen LogP contribution in [0.3, 0.4) is 0 Å². The Bertz CT molecular complexity index is 920. The zero-order chi connectivity index (χ0) is 18.7. The molecule has 2 heterocycles. The molecule has 0 fully saturated rings. The van der Waals surface area contributed by atoms with Crippen molar-refractivity contribution in [1.82, 2.24) is 15.3 Å². The molecule has 1 amide bonds. The third-order valence-electron chi connectivity index (χ3n) is 3.70. The van der Waals surface area contributed by atoms with Crippen LogP contribution in [0.5, 0.6) is 5.88 Å². The average molecular weight is 351 g/mol. The topological polar surface area (TPSA) is 84.3 Å².